The van der Waals surface area contributed by atoms with Crippen LogP contribution in [0.25, 0.3) is 0 Å². The molecule has 0 aromatic carbocycles. The van der Waals surface area contributed by atoms with E-state index in [2.05, 4.69) is 41.5 Å². The highest BCUT2D eigenvalue weighted by Gasteiger charge is 2.41. The van der Waals surface area contributed by atoms with E-state index in [1.54, 1.807) is 0 Å². The molecule has 0 radical (unpaired) electrons. The summed E-state index contributed by atoms with van der Waals surface area (Å²) in [5.74, 6) is -0.706. The Hall–Kier alpha value is -0.706. The van der Waals surface area contributed by atoms with E-state index in [1.807, 2.05) is 26.2 Å². The standard InChI is InChI=1S/C18H38O6Si2/c1-17(2,3)25(7,8)23-15(19)13-21-11-12-22-14-16(20)24-26(9,10)18(4,5)6/h11-14H2,1-10H3. The van der Waals surface area contributed by atoms with Gasteiger partial charge >= 0.3 is 11.9 Å². The molecule has 0 aliphatic rings. The molecule has 6 nitrogen and oxygen atoms in total. The molecule has 0 N–H and O–H groups in total. The minimum atomic E-state index is -2.11. The molecule has 8 heteroatoms. The fourth-order valence-electron chi connectivity index (χ4n) is 1.36. The van der Waals surface area contributed by atoms with Crippen LogP contribution in [-0.4, -0.2) is 55.0 Å². The van der Waals surface area contributed by atoms with Crippen molar-refractivity contribution in [2.75, 3.05) is 26.4 Å². The molecule has 0 aliphatic carbocycles. The summed E-state index contributed by atoms with van der Waals surface area (Å²) >= 11 is 0. The second-order valence-electron chi connectivity index (χ2n) is 9.57. The van der Waals surface area contributed by atoms with E-state index in [-0.39, 0.29) is 48.4 Å². The Morgan fingerprint density at radius 3 is 1.15 bits per heavy atom. The lowest BCUT2D eigenvalue weighted by molar-refractivity contribution is -0.144. The Balaban J connectivity index is 3.99. The summed E-state index contributed by atoms with van der Waals surface area (Å²) in [5, 5.41) is -0.0629. The van der Waals surface area contributed by atoms with Gasteiger partial charge in [-0.1, -0.05) is 41.5 Å². The van der Waals surface area contributed by atoms with Crippen molar-refractivity contribution in [3.63, 3.8) is 0 Å². The Labute approximate surface area is 161 Å². The minimum Gasteiger partial charge on any atom is -0.517 e. The Kier molecular flexibility index (Phi) is 9.22. The van der Waals surface area contributed by atoms with E-state index < -0.39 is 16.6 Å². The van der Waals surface area contributed by atoms with Gasteiger partial charge in [-0.3, -0.25) is 9.59 Å². The van der Waals surface area contributed by atoms with Gasteiger partial charge in [0.1, 0.15) is 13.2 Å². The molecule has 0 heterocycles. The number of carbonyl (C=O) groups excluding carboxylic acids is 2. The summed E-state index contributed by atoms with van der Waals surface area (Å²) in [6, 6.07) is 0. The molecule has 0 atom stereocenters. The fourth-order valence-corrected chi connectivity index (χ4v) is 3.23. The van der Waals surface area contributed by atoms with Gasteiger partial charge in [-0.15, -0.1) is 0 Å². The summed E-state index contributed by atoms with van der Waals surface area (Å²) in [7, 11) is -4.23. The predicted molar refractivity (Wildman–Crippen MR) is 108 cm³/mol. The smallest absolute Gasteiger partial charge is 0.318 e. The van der Waals surface area contributed by atoms with Crippen LogP contribution in [0.4, 0.5) is 0 Å². The molecule has 0 rings (SSSR count). The molecule has 0 bridgehead atoms. The highest BCUT2D eigenvalue weighted by Crippen LogP contribution is 2.37. The third kappa shape index (κ3) is 8.79. The molecular weight excluding hydrogens is 368 g/mol. The molecule has 0 saturated carbocycles. The average molecular weight is 407 g/mol. The number of rotatable bonds is 9. The first kappa shape index (κ1) is 25.3. The zero-order valence-corrected chi connectivity index (χ0v) is 20.3. The molecule has 0 saturated heterocycles. The van der Waals surface area contributed by atoms with E-state index in [0.29, 0.717) is 0 Å². The molecule has 0 aromatic rings. The average Bonchev–Trinajstić information content (AvgIpc) is 2.38. The first-order chi connectivity index (χ1) is 11.5. The number of hydrogen-bond donors (Lipinski definition) is 0. The van der Waals surface area contributed by atoms with Crippen molar-refractivity contribution in [3.05, 3.63) is 0 Å². The number of hydrogen-bond acceptors (Lipinski definition) is 6. The second kappa shape index (κ2) is 9.48. The first-order valence-electron chi connectivity index (χ1n) is 9.09. The summed E-state index contributed by atoms with van der Waals surface area (Å²) in [5.41, 5.74) is 0. The van der Waals surface area contributed by atoms with Crippen LogP contribution in [0, 0.1) is 0 Å². The first-order valence-corrected chi connectivity index (χ1v) is 14.9. The molecule has 0 aromatic heterocycles. The van der Waals surface area contributed by atoms with E-state index >= 15 is 0 Å². The lowest BCUT2D eigenvalue weighted by Gasteiger charge is -2.35. The van der Waals surface area contributed by atoms with Crippen LogP contribution in [0.1, 0.15) is 41.5 Å². The van der Waals surface area contributed by atoms with Crippen molar-refractivity contribution in [3.8, 4) is 0 Å². The largest absolute Gasteiger partial charge is 0.517 e. The van der Waals surface area contributed by atoms with E-state index in [1.165, 1.54) is 0 Å². The predicted octanol–water partition coefficient (Wildman–Crippen LogP) is 4.12. The van der Waals surface area contributed by atoms with Crippen molar-refractivity contribution < 1.29 is 27.9 Å². The lowest BCUT2D eigenvalue weighted by Crippen LogP contribution is -2.43. The van der Waals surface area contributed by atoms with Crippen molar-refractivity contribution in [1.82, 2.24) is 0 Å². The normalized spacial score (nSPS) is 13.5. The lowest BCUT2D eigenvalue weighted by atomic mass is 10.2. The fraction of sp³-hybridized carbons (Fsp3) is 0.889. The maximum absolute atomic E-state index is 11.9. The molecular formula is C18H38O6Si2. The summed E-state index contributed by atoms with van der Waals surface area (Å²) in [6.45, 7) is 20.7. The molecule has 154 valence electrons. The van der Waals surface area contributed by atoms with Gasteiger partial charge in [-0.2, -0.15) is 0 Å². The van der Waals surface area contributed by atoms with Gasteiger partial charge in [-0.25, -0.2) is 0 Å². The van der Waals surface area contributed by atoms with Gasteiger partial charge in [0, 0.05) is 0 Å². The third-order valence-corrected chi connectivity index (χ3v) is 13.9. The van der Waals surface area contributed by atoms with Gasteiger partial charge in [0.05, 0.1) is 13.2 Å². The van der Waals surface area contributed by atoms with Gasteiger partial charge in [0.15, 0.2) is 0 Å². The molecule has 0 amide bonds. The van der Waals surface area contributed by atoms with Crippen LogP contribution >= 0.6 is 0 Å². The van der Waals surface area contributed by atoms with Crippen LogP contribution < -0.4 is 0 Å². The van der Waals surface area contributed by atoms with Crippen LogP contribution in [0.2, 0.25) is 36.3 Å². The maximum atomic E-state index is 11.9. The van der Waals surface area contributed by atoms with Gasteiger partial charge in [-0.05, 0) is 36.3 Å². The third-order valence-electron chi connectivity index (χ3n) is 5.16. The van der Waals surface area contributed by atoms with E-state index in [0.717, 1.165) is 0 Å². The van der Waals surface area contributed by atoms with Crippen LogP contribution in [0.15, 0.2) is 0 Å². The Morgan fingerprint density at radius 2 is 0.923 bits per heavy atom. The number of ether oxygens (including phenoxy) is 2. The molecule has 0 fully saturated rings. The van der Waals surface area contributed by atoms with Crippen LogP contribution in [0.3, 0.4) is 0 Å². The monoisotopic (exact) mass is 406 g/mol. The highest BCUT2D eigenvalue weighted by atomic mass is 28.4. The van der Waals surface area contributed by atoms with Crippen molar-refractivity contribution >= 4 is 28.6 Å². The summed E-state index contributed by atoms with van der Waals surface area (Å²) < 4.78 is 21.7. The topological polar surface area (TPSA) is 71.1 Å². The van der Waals surface area contributed by atoms with E-state index in [4.69, 9.17) is 18.3 Å². The van der Waals surface area contributed by atoms with Crippen LogP contribution in [0.5, 0.6) is 0 Å². The quantitative estimate of drug-likeness (QED) is 0.424. The Bertz CT molecular complexity index is 431. The minimum absolute atomic E-state index is 0.0315. The highest BCUT2D eigenvalue weighted by molar-refractivity contribution is 6.75. The van der Waals surface area contributed by atoms with Gasteiger partial charge < -0.3 is 18.3 Å². The van der Waals surface area contributed by atoms with Crippen molar-refractivity contribution in [2.24, 2.45) is 0 Å². The molecule has 26 heavy (non-hydrogen) atoms. The molecule has 0 spiro atoms. The van der Waals surface area contributed by atoms with Gasteiger partial charge in [0.25, 0.3) is 16.6 Å². The van der Waals surface area contributed by atoms with Crippen molar-refractivity contribution in [2.45, 2.75) is 77.8 Å². The zero-order chi connectivity index (χ0) is 20.8. The van der Waals surface area contributed by atoms with E-state index in [9.17, 15) is 9.59 Å². The van der Waals surface area contributed by atoms with Gasteiger partial charge in [0.2, 0.25) is 0 Å². The summed E-state index contributed by atoms with van der Waals surface area (Å²) in [6.07, 6.45) is 0. The van der Waals surface area contributed by atoms with Crippen LogP contribution in [-0.2, 0) is 27.9 Å². The second-order valence-corrected chi connectivity index (χ2v) is 19.0. The molecule has 0 aliphatic heterocycles. The summed E-state index contributed by atoms with van der Waals surface area (Å²) in [4.78, 5) is 23.7. The maximum Gasteiger partial charge on any atom is 0.318 e. The SMILES string of the molecule is CC(C)(C)[Si](C)(C)OC(=O)COCCOCC(=O)O[Si](C)(C)C(C)(C)C. The Morgan fingerprint density at radius 1 is 0.654 bits per heavy atom. The molecule has 0 unspecified atom stereocenters. The zero-order valence-electron chi connectivity index (χ0n) is 18.3. The number of carbonyl (C=O) groups is 2. The van der Waals surface area contributed by atoms with Crippen molar-refractivity contribution in [1.29, 1.82) is 0 Å².